The molecule has 1 aliphatic heterocycles. The quantitative estimate of drug-likeness (QED) is 0.932. The van der Waals surface area contributed by atoms with E-state index in [1.807, 2.05) is 30.5 Å². The number of benzene rings is 1. The van der Waals surface area contributed by atoms with E-state index >= 15 is 0 Å². The third-order valence-electron chi connectivity index (χ3n) is 4.29. The second kappa shape index (κ2) is 5.29. The lowest BCUT2D eigenvalue weighted by Gasteiger charge is -2.27. The molecule has 0 spiro atoms. The summed E-state index contributed by atoms with van der Waals surface area (Å²) in [6.07, 6.45) is 2.93. The van der Waals surface area contributed by atoms with Crippen LogP contribution in [-0.2, 0) is 0 Å². The molecule has 0 saturated carbocycles. The average molecular weight is 272 g/mol. The van der Waals surface area contributed by atoms with Crippen LogP contribution in [0.25, 0.3) is 10.8 Å². The SMILES string of the molecule is COc1ccc2ccnc(N3CCC(C)C3CO)c2c1. The van der Waals surface area contributed by atoms with Crippen molar-refractivity contribution in [3.63, 3.8) is 0 Å². The van der Waals surface area contributed by atoms with Gasteiger partial charge in [-0.3, -0.25) is 0 Å². The van der Waals surface area contributed by atoms with Gasteiger partial charge in [-0.2, -0.15) is 0 Å². The molecule has 4 nitrogen and oxygen atoms in total. The maximum atomic E-state index is 9.65. The predicted octanol–water partition coefficient (Wildman–Crippen LogP) is 2.45. The second-order valence-electron chi connectivity index (χ2n) is 5.43. The van der Waals surface area contributed by atoms with E-state index in [1.165, 1.54) is 0 Å². The van der Waals surface area contributed by atoms with Crippen molar-refractivity contribution in [3.05, 3.63) is 30.5 Å². The second-order valence-corrected chi connectivity index (χ2v) is 5.43. The highest BCUT2D eigenvalue weighted by Crippen LogP contribution is 2.34. The van der Waals surface area contributed by atoms with Gasteiger partial charge in [0.05, 0.1) is 19.8 Å². The smallest absolute Gasteiger partial charge is 0.136 e. The summed E-state index contributed by atoms with van der Waals surface area (Å²) in [5.41, 5.74) is 0. The summed E-state index contributed by atoms with van der Waals surface area (Å²) in [7, 11) is 1.67. The fourth-order valence-electron chi connectivity index (χ4n) is 3.04. The molecule has 2 unspecified atom stereocenters. The van der Waals surface area contributed by atoms with E-state index in [0.717, 1.165) is 35.3 Å². The largest absolute Gasteiger partial charge is 0.497 e. The minimum Gasteiger partial charge on any atom is -0.497 e. The van der Waals surface area contributed by atoms with Crippen molar-refractivity contribution in [2.75, 3.05) is 25.2 Å². The monoisotopic (exact) mass is 272 g/mol. The van der Waals surface area contributed by atoms with Crippen molar-refractivity contribution < 1.29 is 9.84 Å². The number of ether oxygens (including phenoxy) is 1. The van der Waals surface area contributed by atoms with Gasteiger partial charge in [-0.25, -0.2) is 4.98 Å². The van der Waals surface area contributed by atoms with Gasteiger partial charge in [-0.05, 0) is 35.9 Å². The minimum absolute atomic E-state index is 0.152. The van der Waals surface area contributed by atoms with Crippen molar-refractivity contribution in [2.24, 2.45) is 5.92 Å². The van der Waals surface area contributed by atoms with Crippen LogP contribution in [0.2, 0.25) is 0 Å². The van der Waals surface area contributed by atoms with Crippen LogP contribution in [-0.4, -0.2) is 36.4 Å². The molecule has 1 saturated heterocycles. The number of fused-ring (bicyclic) bond motifs is 1. The summed E-state index contributed by atoms with van der Waals surface area (Å²) in [6.45, 7) is 3.30. The molecule has 1 aliphatic rings. The third-order valence-corrected chi connectivity index (χ3v) is 4.29. The number of aromatic nitrogens is 1. The maximum absolute atomic E-state index is 9.65. The number of aliphatic hydroxyl groups is 1. The topological polar surface area (TPSA) is 45.6 Å². The molecule has 20 heavy (non-hydrogen) atoms. The summed E-state index contributed by atoms with van der Waals surface area (Å²) in [5, 5.41) is 11.9. The van der Waals surface area contributed by atoms with Crippen LogP contribution in [0.15, 0.2) is 30.5 Å². The third kappa shape index (κ3) is 2.10. The highest BCUT2D eigenvalue weighted by atomic mass is 16.5. The molecule has 1 fully saturated rings. The molecule has 4 heteroatoms. The highest BCUT2D eigenvalue weighted by molar-refractivity contribution is 5.93. The maximum Gasteiger partial charge on any atom is 0.136 e. The Morgan fingerprint density at radius 2 is 2.25 bits per heavy atom. The Morgan fingerprint density at radius 3 is 3.00 bits per heavy atom. The molecule has 2 heterocycles. The number of nitrogens with zero attached hydrogens (tertiary/aromatic N) is 2. The molecule has 0 radical (unpaired) electrons. The fourth-order valence-corrected chi connectivity index (χ4v) is 3.04. The van der Waals surface area contributed by atoms with E-state index in [9.17, 15) is 5.11 Å². The molecule has 1 aromatic carbocycles. The summed E-state index contributed by atoms with van der Waals surface area (Å²) in [6, 6.07) is 8.19. The molecule has 0 bridgehead atoms. The molecule has 1 N–H and O–H groups in total. The van der Waals surface area contributed by atoms with Gasteiger partial charge in [0, 0.05) is 18.1 Å². The highest BCUT2D eigenvalue weighted by Gasteiger charge is 2.32. The molecule has 106 valence electrons. The average Bonchev–Trinajstić information content (AvgIpc) is 2.86. The van der Waals surface area contributed by atoms with Crippen molar-refractivity contribution in [1.29, 1.82) is 0 Å². The molecule has 0 aliphatic carbocycles. The first-order chi connectivity index (χ1) is 9.74. The zero-order valence-electron chi connectivity index (χ0n) is 11.9. The lowest BCUT2D eigenvalue weighted by molar-refractivity contribution is 0.244. The molecule has 3 rings (SSSR count). The van der Waals surface area contributed by atoms with Gasteiger partial charge >= 0.3 is 0 Å². The molecular formula is C16H20N2O2. The summed E-state index contributed by atoms with van der Waals surface area (Å²) in [5.74, 6) is 2.27. The van der Waals surface area contributed by atoms with Gasteiger partial charge in [0.2, 0.25) is 0 Å². The van der Waals surface area contributed by atoms with Crippen LogP contribution in [0.1, 0.15) is 13.3 Å². The zero-order valence-corrected chi connectivity index (χ0v) is 11.9. The first-order valence-corrected chi connectivity index (χ1v) is 7.05. The van der Waals surface area contributed by atoms with Crippen LogP contribution in [0, 0.1) is 5.92 Å². The van der Waals surface area contributed by atoms with Crippen molar-refractivity contribution in [2.45, 2.75) is 19.4 Å². The van der Waals surface area contributed by atoms with E-state index in [4.69, 9.17) is 4.74 Å². The molecule has 2 aromatic rings. The summed E-state index contributed by atoms with van der Waals surface area (Å²) in [4.78, 5) is 6.78. The van der Waals surface area contributed by atoms with E-state index in [0.29, 0.717) is 5.92 Å². The zero-order chi connectivity index (χ0) is 14.1. The van der Waals surface area contributed by atoms with E-state index in [1.54, 1.807) is 7.11 Å². The number of pyridine rings is 1. The fraction of sp³-hybridized carbons (Fsp3) is 0.438. The van der Waals surface area contributed by atoms with E-state index < -0.39 is 0 Å². The first-order valence-electron chi connectivity index (χ1n) is 7.05. The van der Waals surface area contributed by atoms with Gasteiger partial charge in [0.15, 0.2) is 0 Å². The van der Waals surface area contributed by atoms with Crippen LogP contribution < -0.4 is 9.64 Å². The minimum atomic E-state index is 0.152. The van der Waals surface area contributed by atoms with Crippen LogP contribution in [0.4, 0.5) is 5.82 Å². The molecular weight excluding hydrogens is 252 g/mol. The Bertz CT molecular complexity index is 614. The Morgan fingerprint density at radius 1 is 1.40 bits per heavy atom. The van der Waals surface area contributed by atoms with Gasteiger partial charge < -0.3 is 14.7 Å². The lowest BCUT2D eigenvalue weighted by Crippen LogP contribution is -2.35. The van der Waals surface area contributed by atoms with Crippen molar-refractivity contribution in [1.82, 2.24) is 4.98 Å². The van der Waals surface area contributed by atoms with Crippen LogP contribution in [0.5, 0.6) is 5.75 Å². The summed E-state index contributed by atoms with van der Waals surface area (Å²) < 4.78 is 5.32. The van der Waals surface area contributed by atoms with Crippen molar-refractivity contribution in [3.8, 4) is 5.75 Å². The van der Waals surface area contributed by atoms with Gasteiger partial charge in [0.25, 0.3) is 0 Å². The van der Waals surface area contributed by atoms with Gasteiger partial charge in [0.1, 0.15) is 11.6 Å². The first kappa shape index (κ1) is 13.2. The van der Waals surface area contributed by atoms with Crippen molar-refractivity contribution >= 4 is 16.6 Å². The van der Waals surface area contributed by atoms with Crippen LogP contribution in [0.3, 0.4) is 0 Å². The number of rotatable bonds is 3. The number of hydrogen-bond acceptors (Lipinski definition) is 4. The Labute approximate surface area is 119 Å². The molecule has 0 amide bonds. The number of methoxy groups -OCH3 is 1. The Balaban J connectivity index is 2.11. The van der Waals surface area contributed by atoms with E-state index in [-0.39, 0.29) is 12.6 Å². The number of aliphatic hydroxyl groups excluding tert-OH is 1. The van der Waals surface area contributed by atoms with Crippen LogP contribution >= 0.6 is 0 Å². The normalized spacial score (nSPS) is 22.4. The number of anilines is 1. The van der Waals surface area contributed by atoms with E-state index in [2.05, 4.69) is 16.8 Å². The molecule has 2 atom stereocenters. The number of hydrogen-bond donors (Lipinski definition) is 1. The molecule has 1 aromatic heterocycles. The van der Waals surface area contributed by atoms with Gasteiger partial charge in [-0.1, -0.05) is 13.0 Å². The standard InChI is InChI=1S/C16H20N2O2/c1-11-6-8-18(15(11)10-19)16-14-9-13(20-2)4-3-12(14)5-7-17-16/h3-5,7,9,11,15,19H,6,8,10H2,1-2H3. The van der Waals surface area contributed by atoms with Gasteiger partial charge in [-0.15, -0.1) is 0 Å². The Hall–Kier alpha value is -1.81. The predicted molar refractivity (Wildman–Crippen MR) is 80.3 cm³/mol. The summed E-state index contributed by atoms with van der Waals surface area (Å²) >= 11 is 0. The lowest BCUT2D eigenvalue weighted by atomic mass is 10.0. The Kier molecular flexibility index (Phi) is 3.49.